The van der Waals surface area contributed by atoms with E-state index in [4.69, 9.17) is 4.98 Å². The fourth-order valence-corrected chi connectivity index (χ4v) is 4.37. The molecule has 0 unspecified atom stereocenters. The van der Waals surface area contributed by atoms with Crippen LogP contribution >= 0.6 is 0 Å². The van der Waals surface area contributed by atoms with E-state index < -0.39 is 0 Å². The van der Waals surface area contributed by atoms with Crippen molar-refractivity contribution in [3.63, 3.8) is 0 Å². The molecule has 1 amide bonds. The predicted molar refractivity (Wildman–Crippen MR) is 122 cm³/mol. The highest BCUT2D eigenvalue weighted by molar-refractivity contribution is 5.94. The van der Waals surface area contributed by atoms with Gasteiger partial charge in [-0.25, -0.2) is 4.98 Å². The minimum absolute atomic E-state index is 0.0198. The highest BCUT2D eigenvalue weighted by Crippen LogP contribution is 2.24. The Morgan fingerprint density at radius 3 is 2.13 bits per heavy atom. The third-order valence-corrected chi connectivity index (χ3v) is 5.96. The fraction of sp³-hybridized carbons (Fsp3) is 0.231. The van der Waals surface area contributed by atoms with Crippen LogP contribution in [0, 0.1) is 0 Å². The lowest BCUT2D eigenvalue weighted by atomic mass is 9.98. The van der Waals surface area contributed by atoms with Crippen molar-refractivity contribution in [2.45, 2.75) is 25.4 Å². The second kappa shape index (κ2) is 8.74. The van der Waals surface area contributed by atoms with Crippen LogP contribution in [0.5, 0.6) is 0 Å². The molecule has 1 N–H and O–H groups in total. The number of hydrogen-bond acceptors (Lipinski definition) is 3. The average molecular weight is 411 g/mol. The maximum absolute atomic E-state index is 13.2. The van der Waals surface area contributed by atoms with Gasteiger partial charge in [0.05, 0.1) is 11.7 Å². The predicted octanol–water partition coefficient (Wildman–Crippen LogP) is 4.45. The Balaban J connectivity index is 1.50. The van der Waals surface area contributed by atoms with Gasteiger partial charge in [0, 0.05) is 25.8 Å². The first-order valence-corrected chi connectivity index (χ1v) is 10.9. The number of aromatic nitrogens is 2. The van der Waals surface area contributed by atoms with Crippen molar-refractivity contribution in [2.75, 3.05) is 13.1 Å². The molecule has 0 bridgehead atoms. The molecule has 1 aliphatic heterocycles. The highest BCUT2D eigenvalue weighted by Gasteiger charge is 2.26. The van der Waals surface area contributed by atoms with Gasteiger partial charge in [-0.15, -0.1) is 0 Å². The van der Waals surface area contributed by atoms with Crippen molar-refractivity contribution in [3.05, 3.63) is 108 Å². The third kappa shape index (κ3) is 3.97. The Bertz CT molecular complexity index is 1120. The molecule has 156 valence electrons. The van der Waals surface area contributed by atoms with Crippen LogP contribution in [0.2, 0.25) is 0 Å². The molecule has 0 saturated carbocycles. The molecular formula is C26H26N4O. The number of nitrogens with one attached hydrogen (secondary N) is 1. The maximum atomic E-state index is 13.2. The van der Waals surface area contributed by atoms with Crippen molar-refractivity contribution in [2.24, 2.45) is 0 Å². The molecule has 2 aromatic carbocycles. The van der Waals surface area contributed by atoms with Crippen LogP contribution in [-0.2, 0) is 6.54 Å². The molecule has 0 aliphatic carbocycles. The Hall–Kier alpha value is -3.44. The SMILES string of the molecule is O=C(c1nc2ccccn2c1CNC(c1ccccc1)c1ccccc1)N1CCCC1. The number of imidazole rings is 1. The smallest absolute Gasteiger partial charge is 0.274 e. The van der Waals surface area contributed by atoms with Gasteiger partial charge in [-0.05, 0) is 36.1 Å². The summed E-state index contributed by atoms with van der Waals surface area (Å²) < 4.78 is 2.03. The fourth-order valence-electron chi connectivity index (χ4n) is 4.37. The summed E-state index contributed by atoms with van der Waals surface area (Å²) in [6, 6.07) is 26.7. The second-order valence-electron chi connectivity index (χ2n) is 7.97. The summed E-state index contributed by atoms with van der Waals surface area (Å²) in [7, 11) is 0. The molecule has 2 aromatic heterocycles. The standard InChI is InChI=1S/C26H26N4O/c31-26(29-16-9-10-17-29)25-22(30-18-8-7-15-23(30)28-25)19-27-24(20-11-3-1-4-12-20)21-13-5-2-6-14-21/h1-8,11-15,18,24,27H,9-10,16-17,19H2. The number of amides is 1. The van der Waals surface area contributed by atoms with E-state index in [2.05, 4.69) is 53.8 Å². The molecule has 5 rings (SSSR count). The first-order valence-electron chi connectivity index (χ1n) is 10.9. The number of carbonyl (C=O) groups excluding carboxylic acids is 1. The molecule has 1 saturated heterocycles. The van der Waals surface area contributed by atoms with Crippen molar-refractivity contribution in [1.82, 2.24) is 19.6 Å². The van der Waals surface area contributed by atoms with Crippen molar-refractivity contribution >= 4 is 11.6 Å². The minimum Gasteiger partial charge on any atom is -0.337 e. The van der Waals surface area contributed by atoms with Gasteiger partial charge in [0.2, 0.25) is 0 Å². The van der Waals surface area contributed by atoms with Gasteiger partial charge in [-0.3, -0.25) is 4.79 Å². The zero-order chi connectivity index (χ0) is 21.0. The molecule has 1 fully saturated rings. The van der Waals surface area contributed by atoms with Gasteiger partial charge < -0.3 is 14.6 Å². The Morgan fingerprint density at radius 1 is 0.871 bits per heavy atom. The first-order chi connectivity index (χ1) is 15.3. The number of rotatable bonds is 6. The third-order valence-electron chi connectivity index (χ3n) is 5.96. The monoisotopic (exact) mass is 410 g/mol. The summed E-state index contributed by atoms with van der Waals surface area (Å²) >= 11 is 0. The second-order valence-corrected chi connectivity index (χ2v) is 7.97. The molecule has 31 heavy (non-hydrogen) atoms. The van der Waals surface area contributed by atoms with Gasteiger partial charge in [0.1, 0.15) is 5.65 Å². The van der Waals surface area contributed by atoms with Crippen LogP contribution in [0.15, 0.2) is 85.1 Å². The molecule has 0 radical (unpaired) electrons. The van der Waals surface area contributed by atoms with E-state index in [9.17, 15) is 4.79 Å². The highest BCUT2D eigenvalue weighted by atomic mass is 16.2. The minimum atomic E-state index is 0.0198. The Kier molecular flexibility index (Phi) is 5.50. The van der Waals surface area contributed by atoms with Crippen LogP contribution in [0.25, 0.3) is 5.65 Å². The molecule has 4 aromatic rings. The van der Waals surface area contributed by atoms with E-state index in [1.165, 1.54) is 11.1 Å². The van der Waals surface area contributed by atoms with E-state index >= 15 is 0 Å². The van der Waals surface area contributed by atoms with E-state index in [0.717, 1.165) is 37.3 Å². The molecule has 0 atom stereocenters. The molecule has 1 aliphatic rings. The summed E-state index contributed by atoms with van der Waals surface area (Å²) in [5.74, 6) is 0.0361. The van der Waals surface area contributed by atoms with Gasteiger partial charge in [-0.1, -0.05) is 66.7 Å². The number of fused-ring (bicyclic) bond motifs is 1. The van der Waals surface area contributed by atoms with Gasteiger partial charge in [0.15, 0.2) is 5.69 Å². The number of nitrogens with zero attached hydrogens (tertiary/aromatic N) is 3. The lowest BCUT2D eigenvalue weighted by molar-refractivity contribution is 0.0786. The maximum Gasteiger partial charge on any atom is 0.274 e. The van der Waals surface area contributed by atoms with E-state index in [0.29, 0.717) is 12.2 Å². The lowest BCUT2D eigenvalue weighted by Crippen LogP contribution is -2.30. The van der Waals surface area contributed by atoms with Crippen molar-refractivity contribution in [3.8, 4) is 0 Å². The van der Waals surface area contributed by atoms with Crippen LogP contribution in [-0.4, -0.2) is 33.3 Å². The summed E-state index contributed by atoms with van der Waals surface area (Å²) in [6.45, 7) is 2.17. The van der Waals surface area contributed by atoms with Crippen molar-refractivity contribution < 1.29 is 4.79 Å². The average Bonchev–Trinajstić information content (AvgIpc) is 3.49. The quantitative estimate of drug-likeness (QED) is 0.511. The zero-order valence-corrected chi connectivity index (χ0v) is 17.4. The number of hydrogen-bond donors (Lipinski definition) is 1. The van der Waals surface area contributed by atoms with E-state index in [1.807, 2.05) is 45.8 Å². The van der Waals surface area contributed by atoms with Gasteiger partial charge in [0.25, 0.3) is 5.91 Å². The number of likely N-dealkylation sites (tertiary alicyclic amines) is 1. The van der Waals surface area contributed by atoms with Crippen LogP contribution in [0.4, 0.5) is 0 Å². The number of benzene rings is 2. The van der Waals surface area contributed by atoms with Crippen LogP contribution in [0.1, 0.15) is 46.2 Å². The molecule has 5 nitrogen and oxygen atoms in total. The number of carbonyl (C=O) groups is 1. The summed E-state index contributed by atoms with van der Waals surface area (Å²) in [6.07, 6.45) is 4.12. The Labute approximate surface area is 182 Å². The number of pyridine rings is 1. The van der Waals surface area contributed by atoms with Crippen LogP contribution in [0.3, 0.4) is 0 Å². The van der Waals surface area contributed by atoms with Gasteiger partial charge >= 0.3 is 0 Å². The molecular weight excluding hydrogens is 384 g/mol. The van der Waals surface area contributed by atoms with E-state index in [1.54, 1.807) is 0 Å². The first kappa shape index (κ1) is 19.5. The summed E-state index contributed by atoms with van der Waals surface area (Å²) in [5, 5.41) is 3.70. The van der Waals surface area contributed by atoms with E-state index in [-0.39, 0.29) is 11.9 Å². The topological polar surface area (TPSA) is 49.6 Å². The molecule has 3 heterocycles. The normalized spacial score (nSPS) is 13.9. The molecule has 0 spiro atoms. The van der Waals surface area contributed by atoms with Gasteiger partial charge in [-0.2, -0.15) is 0 Å². The summed E-state index contributed by atoms with van der Waals surface area (Å²) in [4.78, 5) is 19.9. The largest absolute Gasteiger partial charge is 0.337 e. The van der Waals surface area contributed by atoms with Crippen molar-refractivity contribution in [1.29, 1.82) is 0 Å². The summed E-state index contributed by atoms with van der Waals surface area (Å²) in [5.41, 5.74) is 4.65. The molecule has 5 heteroatoms. The van der Waals surface area contributed by atoms with Crippen LogP contribution < -0.4 is 5.32 Å². The zero-order valence-electron chi connectivity index (χ0n) is 17.4. The Morgan fingerprint density at radius 2 is 1.48 bits per heavy atom. The lowest BCUT2D eigenvalue weighted by Gasteiger charge is -2.21.